The fraction of sp³-hybridized carbons (Fsp3) is 0.750. The third kappa shape index (κ3) is 5.53. The van der Waals surface area contributed by atoms with E-state index in [1.807, 2.05) is 11.6 Å². The van der Waals surface area contributed by atoms with Crippen molar-refractivity contribution in [3.05, 3.63) is 18.2 Å². The van der Waals surface area contributed by atoms with Crippen LogP contribution in [-0.4, -0.2) is 26.4 Å². The first-order chi connectivity index (χ1) is 8.20. The zero-order valence-electron chi connectivity index (χ0n) is 10.7. The van der Waals surface area contributed by atoms with Crippen molar-refractivity contribution < 1.29 is 18.3 Å². The van der Waals surface area contributed by atoms with Crippen molar-refractivity contribution >= 4 is 0 Å². The van der Waals surface area contributed by atoms with Crippen molar-refractivity contribution in [1.82, 2.24) is 9.55 Å². The summed E-state index contributed by atoms with van der Waals surface area (Å²) in [7, 11) is 1.85. The van der Waals surface area contributed by atoms with E-state index >= 15 is 0 Å². The van der Waals surface area contributed by atoms with Gasteiger partial charge >= 0.3 is 6.18 Å². The quantitative estimate of drug-likeness (QED) is 0.858. The molecule has 1 N–H and O–H groups in total. The third-order valence-electron chi connectivity index (χ3n) is 2.98. The first-order valence-corrected chi connectivity index (χ1v) is 5.95. The van der Waals surface area contributed by atoms with Crippen LogP contribution in [-0.2, 0) is 13.5 Å². The van der Waals surface area contributed by atoms with Crippen molar-refractivity contribution in [2.24, 2.45) is 7.05 Å². The average molecular weight is 264 g/mol. The van der Waals surface area contributed by atoms with E-state index in [4.69, 9.17) is 0 Å². The zero-order chi connectivity index (χ0) is 13.8. The molecule has 1 atom stereocenters. The largest absolute Gasteiger partial charge is 0.390 e. The third-order valence-corrected chi connectivity index (χ3v) is 2.98. The second kappa shape index (κ2) is 5.73. The Morgan fingerprint density at radius 2 is 1.94 bits per heavy atom. The van der Waals surface area contributed by atoms with Gasteiger partial charge in [-0.05, 0) is 26.2 Å². The van der Waals surface area contributed by atoms with E-state index in [0.29, 0.717) is 12.8 Å². The van der Waals surface area contributed by atoms with Crippen molar-refractivity contribution in [2.45, 2.75) is 50.8 Å². The van der Waals surface area contributed by atoms with E-state index in [-0.39, 0.29) is 12.8 Å². The van der Waals surface area contributed by atoms with Gasteiger partial charge in [0.05, 0.1) is 5.60 Å². The molecular formula is C12H19F3N2O. The molecule has 0 fully saturated rings. The van der Waals surface area contributed by atoms with E-state index < -0.39 is 18.2 Å². The minimum atomic E-state index is -4.14. The number of alkyl halides is 3. The number of aromatic nitrogens is 2. The first kappa shape index (κ1) is 15.0. The molecule has 0 bridgehead atoms. The van der Waals surface area contributed by atoms with Crippen LogP contribution in [0.25, 0.3) is 0 Å². The highest BCUT2D eigenvalue weighted by Gasteiger charge is 2.29. The Balaban J connectivity index is 2.33. The molecule has 0 aliphatic rings. The standard InChI is InChI=1S/C12H19F3N2O/c1-11(18,5-3-6-12(13,14)15)7-4-10-16-8-9-17(10)2/h8-9,18H,3-7H2,1-2H3. The van der Waals surface area contributed by atoms with Gasteiger partial charge in [-0.3, -0.25) is 0 Å². The number of rotatable bonds is 6. The summed E-state index contributed by atoms with van der Waals surface area (Å²) in [5.74, 6) is 0.825. The molecule has 0 aliphatic heterocycles. The maximum absolute atomic E-state index is 12.0. The molecule has 0 aliphatic carbocycles. The Morgan fingerprint density at radius 1 is 1.28 bits per heavy atom. The number of halogens is 3. The molecule has 0 radical (unpaired) electrons. The van der Waals surface area contributed by atoms with Gasteiger partial charge in [-0.1, -0.05) is 0 Å². The highest BCUT2D eigenvalue weighted by molar-refractivity contribution is 4.93. The summed E-state index contributed by atoms with van der Waals surface area (Å²) in [6.07, 6.45) is -0.449. The van der Waals surface area contributed by atoms with Crippen LogP contribution in [0, 0.1) is 0 Å². The molecule has 1 heterocycles. The molecule has 18 heavy (non-hydrogen) atoms. The van der Waals surface area contributed by atoms with Crippen LogP contribution in [0.5, 0.6) is 0 Å². The second-order valence-electron chi connectivity index (χ2n) is 4.92. The monoisotopic (exact) mass is 264 g/mol. The Labute approximate surface area is 105 Å². The van der Waals surface area contributed by atoms with E-state index in [2.05, 4.69) is 4.98 Å². The summed E-state index contributed by atoms with van der Waals surface area (Å²) < 4.78 is 37.8. The lowest BCUT2D eigenvalue weighted by Crippen LogP contribution is -2.26. The molecule has 0 spiro atoms. The highest BCUT2D eigenvalue weighted by atomic mass is 19.4. The zero-order valence-corrected chi connectivity index (χ0v) is 10.7. The molecule has 104 valence electrons. The van der Waals surface area contributed by atoms with Gasteiger partial charge < -0.3 is 9.67 Å². The Hall–Kier alpha value is -1.04. The van der Waals surface area contributed by atoms with E-state index in [1.54, 1.807) is 19.3 Å². The fourth-order valence-corrected chi connectivity index (χ4v) is 1.81. The van der Waals surface area contributed by atoms with Crippen molar-refractivity contribution in [2.75, 3.05) is 0 Å². The maximum atomic E-state index is 12.0. The number of aryl methyl sites for hydroxylation is 2. The predicted molar refractivity (Wildman–Crippen MR) is 62.1 cm³/mol. The minimum Gasteiger partial charge on any atom is -0.390 e. The molecule has 1 unspecified atom stereocenters. The topological polar surface area (TPSA) is 38.0 Å². The van der Waals surface area contributed by atoms with Crippen LogP contribution in [0.4, 0.5) is 13.2 Å². The summed E-state index contributed by atoms with van der Waals surface area (Å²) in [6, 6.07) is 0. The molecule has 0 saturated heterocycles. The normalized spacial score (nSPS) is 15.7. The number of hydrogen-bond donors (Lipinski definition) is 1. The summed E-state index contributed by atoms with van der Waals surface area (Å²) in [5, 5.41) is 10.00. The van der Waals surface area contributed by atoms with Gasteiger partial charge in [0.15, 0.2) is 0 Å². The van der Waals surface area contributed by atoms with Gasteiger partial charge in [0.1, 0.15) is 5.82 Å². The van der Waals surface area contributed by atoms with Gasteiger partial charge in [-0.25, -0.2) is 4.98 Å². The Kier molecular flexibility index (Phi) is 4.78. The van der Waals surface area contributed by atoms with Gasteiger partial charge in [-0.2, -0.15) is 13.2 Å². The molecule has 3 nitrogen and oxygen atoms in total. The van der Waals surface area contributed by atoms with Gasteiger partial charge in [0.2, 0.25) is 0 Å². The van der Waals surface area contributed by atoms with Crippen LogP contribution in [0.2, 0.25) is 0 Å². The molecule has 0 saturated carbocycles. The lowest BCUT2D eigenvalue weighted by molar-refractivity contribution is -0.137. The summed E-state index contributed by atoms with van der Waals surface area (Å²) in [4.78, 5) is 4.11. The molecule has 0 amide bonds. The maximum Gasteiger partial charge on any atom is 0.389 e. The van der Waals surface area contributed by atoms with Crippen molar-refractivity contribution in [3.63, 3.8) is 0 Å². The molecule has 0 aromatic carbocycles. The van der Waals surface area contributed by atoms with Crippen molar-refractivity contribution in [3.8, 4) is 0 Å². The van der Waals surface area contributed by atoms with Crippen LogP contribution in [0.1, 0.15) is 38.4 Å². The lowest BCUT2D eigenvalue weighted by Gasteiger charge is -2.23. The van der Waals surface area contributed by atoms with E-state index in [9.17, 15) is 18.3 Å². The van der Waals surface area contributed by atoms with Gasteiger partial charge in [0, 0.05) is 32.3 Å². The number of aliphatic hydroxyl groups is 1. The molecule has 6 heteroatoms. The first-order valence-electron chi connectivity index (χ1n) is 5.95. The molecule has 1 aromatic rings. The second-order valence-corrected chi connectivity index (χ2v) is 4.92. The van der Waals surface area contributed by atoms with Gasteiger partial charge in [-0.15, -0.1) is 0 Å². The summed E-state index contributed by atoms with van der Waals surface area (Å²) >= 11 is 0. The SMILES string of the molecule is Cn1ccnc1CCC(C)(O)CCCC(F)(F)F. The summed E-state index contributed by atoms with van der Waals surface area (Å²) in [6.45, 7) is 1.58. The van der Waals surface area contributed by atoms with E-state index in [1.165, 1.54) is 0 Å². The predicted octanol–water partition coefficient (Wildman–Crippen LogP) is 2.84. The van der Waals surface area contributed by atoms with Crippen molar-refractivity contribution in [1.29, 1.82) is 0 Å². The molecule has 1 rings (SSSR count). The van der Waals surface area contributed by atoms with Crippen LogP contribution in [0.3, 0.4) is 0 Å². The lowest BCUT2D eigenvalue weighted by atomic mass is 9.93. The Bertz CT molecular complexity index is 372. The van der Waals surface area contributed by atoms with Crippen LogP contribution >= 0.6 is 0 Å². The summed E-state index contributed by atoms with van der Waals surface area (Å²) in [5.41, 5.74) is -1.07. The fourth-order valence-electron chi connectivity index (χ4n) is 1.81. The highest BCUT2D eigenvalue weighted by Crippen LogP contribution is 2.26. The Morgan fingerprint density at radius 3 is 2.44 bits per heavy atom. The van der Waals surface area contributed by atoms with E-state index in [0.717, 1.165) is 5.82 Å². The number of nitrogens with zero attached hydrogens (tertiary/aromatic N) is 2. The van der Waals surface area contributed by atoms with Crippen LogP contribution in [0.15, 0.2) is 12.4 Å². The number of imidazole rings is 1. The molecule has 1 aromatic heterocycles. The molecular weight excluding hydrogens is 245 g/mol. The average Bonchev–Trinajstić information content (AvgIpc) is 2.59. The van der Waals surface area contributed by atoms with Crippen LogP contribution < -0.4 is 0 Å². The number of hydrogen-bond acceptors (Lipinski definition) is 2. The smallest absolute Gasteiger partial charge is 0.389 e. The van der Waals surface area contributed by atoms with Gasteiger partial charge in [0.25, 0.3) is 0 Å². The minimum absolute atomic E-state index is 0.0446.